The summed E-state index contributed by atoms with van der Waals surface area (Å²) in [6, 6.07) is 18.4. The van der Waals surface area contributed by atoms with Crippen LogP contribution in [0.3, 0.4) is 0 Å². The molecule has 0 unspecified atom stereocenters. The lowest BCUT2D eigenvalue weighted by Crippen LogP contribution is -2.37. The third-order valence-corrected chi connectivity index (χ3v) is 5.63. The molecule has 0 aromatic heterocycles. The second-order valence-corrected chi connectivity index (χ2v) is 7.80. The van der Waals surface area contributed by atoms with E-state index in [1.54, 1.807) is 36.5 Å². The van der Waals surface area contributed by atoms with E-state index < -0.39 is 10.0 Å². The first kappa shape index (κ1) is 19.9. The quantitative estimate of drug-likeness (QED) is 0.543. The monoisotopic (exact) mass is 371 g/mol. The number of benzene rings is 2. The lowest BCUT2D eigenvalue weighted by atomic mass is 10.1. The third kappa shape index (κ3) is 5.82. The molecule has 0 saturated carbocycles. The highest BCUT2D eigenvalue weighted by molar-refractivity contribution is 7.89. The Morgan fingerprint density at radius 3 is 2.31 bits per heavy atom. The van der Waals surface area contributed by atoms with E-state index in [-0.39, 0.29) is 6.54 Å². The first-order valence-corrected chi connectivity index (χ1v) is 9.97. The van der Waals surface area contributed by atoms with Gasteiger partial charge in [0.1, 0.15) is 0 Å². The molecule has 5 nitrogen and oxygen atoms in total. The molecule has 26 heavy (non-hydrogen) atoms. The van der Waals surface area contributed by atoms with E-state index in [0.717, 1.165) is 5.56 Å². The number of hydrazone groups is 1. The summed E-state index contributed by atoms with van der Waals surface area (Å²) in [5.41, 5.74) is 4.58. The second kappa shape index (κ2) is 9.89. The van der Waals surface area contributed by atoms with Gasteiger partial charge in [0.05, 0.1) is 17.2 Å². The molecule has 0 saturated heterocycles. The van der Waals surface area contributed by atoms with Gasteiger partial charge in [0.25, 0.3) is 0 Å². The summed E-state index contributed by atoms with van der Waals surface area (Å²) >= 11 is 0. The van der Waals surface area contributed by atoms with Gasteiger partial charge in [-0.05, 0) is 38.0 Å². The molecule has 0 aliphatic rings. The molecule has 0 aliphatic heterocycles. The van der Waals surface area contributed by atoms with Crippen molar-refractivity contribution in [2.75, 3.05) is 13.1 Å². The molecule has 0 atom stereocenters. The van der Waals surface area contributed by atoms with Crippen LogP contribution in [0.25, 0.3) is 0 Å². The van der Waals surface area contributed by atoms with Crippen molar-refractivity contribution in [3.63, 3.8) is 0 Å². The molecular weight excluding hydrogens is 346 g/mol. The van der Waals surface area contributed by atoms with Crippen LogP contribution in [0.2, 0.25) is 0 Å². The van der Waals surface area contributed by atoms with E-state index in [9.17, 15) is 8.42 Å². The number of sulfonamides is 1. The van der Waals surface area contributed by atoms with Gasteiger partial charge >= 0.3 is 0 Å². The Hall–Kier alpha value is -2.44. The summed E-state index contributed by atoms with van der Waals surface area (Å²) in [5.74, 6) is 0. The van der Waals surface area contributed by atoms with Crippen LogP contribution in [0.1, 0.15) is 19.4 Å². The zero-order valence-electron chi connectivity index (χ0n) is 15.2. The highest BCUT2D eigenvalue weighted by Crippen LogP contribution is 2.16. The van der Waals surface area contributed by atoms with Crippen LogP contribution < -0.4 is 5.43 Å². The number of rotatable bonds is 9. The van der Waals surface area contributed by atoms with Crippen LogP contribution in [0.4, 0.5) is 0 Å². The lowest BCUT2D eigenvalue weighted by molar-refractivity contribution is 0.452. The fourth-order valence-electron chi connectivity index (χ4n) is 2.44. The number of allylic oxidation sites excluding steroid dienone is 1. The largest absolute Gasteiger partial charge is 0.286 e. The van der Waals surface area contributed by atoms with E-state index in [1.165, 1.54) is 4.31 Å². The fourth-order valence-corrected chi connectivity index (χ4v) is 3.92. The summed E-state index contributed by atoms with van der Waals surface area (Å²) in [4.78, 5) is 0.294. The Bertz CT molecular complexity index is 832. The molecule has 138 valence electrons. The molecule has 0 amide bonds. The van der Waals surface area contributed by atoms with Gasteiger partial charge in [0.15, 0.2) is 0 Å². The van der Waals surface area contributed by atoms with Crippen molar-refractivity contribution in [3.8, 4) is 0 Å². The zero-order chi connectivity index (χ0) is 18.8. The highest BCUT2D eigenvalue weighted by Gasteiger charge is 2.24. The van der Waals surface area contributed by atoms with Crippen LogP contribution in [0.5, 0.6) is 0 Å². The van der Waals surface area contributed by atoms with Gasteiger partial charge in [0, 0.05) is 12.7 Å². The summed E-state index contributed by atoms with van der Waals surface area (Å²) in [6.07, 6.45) is 4.16. The van der Waals surface area contributed by atoms with Crippen molar-refractivity contribution < 1.29 is 8.42 Å². The topological polar surface area (TPSA) is 61.8 Å². The minimum absolute atomic E-state index is 0.231. The van der Waals surface area contributed by atoms with Crippen molar-refractivity contribution in [2.24, 2.45) is 5.10 Å². The number of nitrogens with one attached hydrogen (secondary N) is 1. The normalized spacial score (nSPS) is 12.7. The van der Waals surface area contributed by atoms with Gasteiger partial charge in [-0.1, -0.05) is 54.6 Å². The van der Waals surface area contributed by atoms with Crippen molar-refractivity contribution in [1.82, 2.24) is 9.73 Å². The van der Waals surface area contributed by atoms with Crippen molar-refractivity contribution in [2.45, 2.75) is 25.2 Å². The maximum absolute atomic E-state index is 13.1. The van der Waals surface area contributed by atoms with Crippen LogP contribution >= 0.6 is 0 Å². The summed E-state index contributed by atoms with van der Waals surface area (Å²) in [7, 11) is -3.59. The fraction of sp³-hybridized carbons (Fsp3) is 0.250. The number of hydrogen-bond acceptors (Lipinski definition) is 4. The van der Waals surface area contributed by atoms with E-state index in [1.807, 2.05) is 50.3 Å². The maximum atomic E-state index is 13.1. The van der Waals surface area contributed by atoms with E-state index >= 15 is 0 Å². The number of hydrogen-bond donors (Lipinski definition) is 1. The molecule has 0 aliphatic carbocycles. The van der Waals surface area contributed by atoms with Crippen molar-refractivity contribution in [1.29, 1.82) is 0 Å². The molecule has 0 bridgehead atoms. The summed E-state index contributed by atoms with van der Waals surface area (Å²) in [5, 5.41) is 4.19. The van der Waals surface area contributed by atoms with Gasteiger partial charge in [-0.2, -0.15) is 9.41 Å². The molecule has 0 fully saturated rings. The molecule has 2 aromatic carbocycles. The van der Waals surface area contributed by atoms with Crippen molar-refractivity contribution in [3.05, 3.63) is 78.5 Å². The van der Waals surface area contributed by atoms with E-state index in [0.29, 0.717) is 23.6 Å². The molecule has 1 N–H and O–H groups in total. The van der Waals surface area contributed by atoms with Crippen LogP contribution in [0, 0.1) is 0 Å². The molecule has 0 heterocycles. The smallest absolute Gasteiger partial charge is 0.243 e. The predicted molar refractivity (Wildman–Crippen MR) is 106 cm³/mol. The highest BCUT2D eigenvalue weighted by atomic mass is 32.2. The Balaban J connectivity index is 2.21. The molecule has 2 rings (SSSR count). The van der Waals surface area contributed by atoms with Gasteiger partial charge < -0.3 is 0 Å². The average molecular weight is 372 g/mol. The van der Waals surface area contributed by atoms with Crippen molar-refractivity contribution >= 4 is 15.7 Å². The molecule has 6 heteroatoms. The van der Waals surface area contributed by atoms with Crippen LogP contribution in [-0.4, -0.2) is 31.5 Å². The predicted octanol–water partition coefficient (Wildman–Crippen LogP) is 3.42. The molecule has 0 radical (unpaired) electrons. The first-order chi connectivity index (χ1) is 12.5. The second-order valence-electron chi connectivity index (χ2n) is 5.86. The zero-order valence-corrected chi connectivity index (χ0v) is 16.0. The minimum atomic E-state index is -3.59. The number of nitrogens with zero attached hydrogens (tertiary/aromatic N) is 2. The van der Waals surface area contributed by atoms with Gasteiger partial charge in [0.2, 0.25) is 10.0 Å². The van der Waals surface area contributed by atoms with Gasteiger partial charge in [-0.15, -0.1) is 0 Å². The average Bonchev–Trinajstić information content (AvgIpc) is 2.66. The van der Waals surface area contributed by atoms with Gasteiger partial charge in [-0.3, -0.25) is 5.43 Å². The lowest BCUT2D eigenvalue weighted by Gasteiger charge is -2.22. The maximum Gasteiger partial charge on any atom is 0.243 e. The van der Waals surface area contributed by atoms with Crippen LogP contribution in [-0.2, 0) is 16.4 Å². The van der Waals surface area contributed by atoms with Crippen LogP contribution in [0.15, 0.2) is 82.9 Å². The summed E-state index contributed by atoms with van der Waals surface area (Å²) < 4.78 is 27.6. The summed E-state index contributed by atoms with van der Waals surface area (Å²) in [6.45, 7) is 4.31. The first-order valence-electron chi connectivity index (χ1n) is 8.53. The van der Waals surface area contributed by atoms with E-state index in [2.05, 4.69) is 10.5 Å². The van der Waals surface area contributed by atoms with Gasteiger partial charge in [-0.25, -0.2) is 8.42 Å². The standard InChI is InChI=1S/C20H25N3O2S/c1-3-15-21-22-18(2)17-23(16-14-19-10-6-4-7-11-19)26(24,25)20-12-8-5-9-13-20/h3-13,15,21H,14,16-17H2,1-2H3/b15-3?,22-18+. The Labute approximate surface area is 156 Å². The Kier molecular flexibility index (Phi) is 7.56. The SMILES string of the molecule is CC=CN/N=C(\C)CN(CCc1ccccc1)S(=O)(=O)c1ccccc1. The molecular formula is C20H25N3O2S. The molecule has 2 aromatic rings. The third-order valence-electron chi connectivity index (χ3n) is 3.78. The Morgan fingerprint density at radius 2 is 1.69 bits per heavy atom. The minimum Gasteiger partial charge on any atom is -0.286 e. The van der Waals surface area contributed by atoms with E-state index in [4.69, 9.17) is 0 Å². The Morgan fingerprint density at radius 1 is 1.08 bits per heavy atom. The molecule has 0 spiro atoms.